The average Bonchev–Trinajstić information content (AvgIpc) is 2.73. The van der Waals surface area contributed by atoms with Gasteiger partial charge in [0.2, 0.25) is 5.91 Å². The standard InChI is InChI=1S/C9H16N6OS/c1-3-5-6-7(16)10-9(17)11-8-12-14-15(4-2)13-8/h3-6H2,1-2H3,(H2,10,11,13,16,17). The molecule has 17 heavy (non-hydrogen) atoms. The van der Waals surface area contributed by atoms with Crippen molar-refractivity contribution >= 4 is 29.2 Å². The number of hydrogen-bond acceptors (Lipinski definition) is 5. The lowest BCUT2D eigenvalue weighted by atomic mass is 10.2. The summed E-state index contributed by atoms with van der Waals surface area (Å²) in [5.74, 6) is 0.180. The first kappa shape index (κ1) is 13.5. The van der Waals surface area contributed by atoms with E-state index in [1.54, 1.807) is 0 Å². The monoisotopic (exact) mass is 256 g/mol. The van der Waals surface area contributed by atoms with Gasteiger partial charge in [-0.05, 0) is 30.8 Å². The van der Waals surface area contributed by atoms with Crippen LogP contribution in [-0.2, 0) is 11.3 Å². The van der Waals surface area contributed by atoms with E-state index in [9.17, 15) is 4.79 Å². The molecule has 1 heterocycles. The fourth-order valence-corrected chi connectivity index (χ4v) is 1.29. The molecule has 0 fully saturated rings. The smallest absolute Gasteiger partial charge is 0.269 e. The van der Waals surface area contributed by atoms with E-state index in [0.29, 0.717) is 13.0 Å². The van der Waals surface area contributed by atoms with E-state index < -0.39 is 0 Å². The molecule has 1 amide bonds. The topological polar surface area (TPSA) is 84.7 Å². The molecule has 0 saturated carbocycles. The Labute approximate surface area is 105 Å². The van der Waals surface area contributed by atoms with Crippen LogP contribution < -0.4 is 10.6 Å². The molecule has 1 aromatic heterocycles. The first-order valence-electron chi connectivity index (χ1n) is 5.54. The first-order valence-corrected chi connectivity index (χ1v) is 5.95. The maximum atomic E-state index is 11.4. The van der Waals surface area contributed by atoms with Crippen molar-refractivity contribution in [3.05, 3.63) is 0 Å². The van der Waals surface area contributed by atoms with Gasteiger partial charge in [-0.1, -0.05) is 18.4 Å². The third kappa shape index (κ3) is 4.85. The van der Waals surface area contributed by atoms with Crippen molar-refractivity contribution in [1.29, 1.82) is 0 Å². The third-order valence-corrected chi connectivity index (χ3v) is 2.18. The van der Waals surface area contributed by atoms with Crippen molar-refractivity contribution in [2.45, 2.75) is 39.7 Å². The Morgan fingerprint density at radius 1 is 1.47 bits per heavy atom. The third-order valence-electron chi connectivity index (χ3n) is 1.97. The van der Waals surface area contributed by atoms with Crippen LogP contribution in [0.5, 0.6) is 0 Å². The van der Waals surface area contributed by atoms with Crippen LogP contribution in [0.25, 0.3) is 0 Å². The molecule has 0 aliphatic carbocycles. The largest absolute Gasteiger partial charge is 0.303 e. The lowest BCUT2D eigenvalue weighted by Gasteiger charge is -2.05. The number of unbranched alkanes of at least 4 members (excludes halogenated alkanes) is 1. The quantitative estimate of drug-likeness (QED) is 0.754. The number of tetrazole rings is 1. The number of carbonyl (C=O) groups excluding carboxylic acids is 1. The SMILES string of the molecule is CCCCC(=O)NC(=S)Nc1nnn(CC)n1. The van der Waals surface area contributed by atoms with Crippen LogP contribution in [0.15, 0.2) is 0 Å². The van der Waals surface area contributed by atoms with Crippen LogP contribution in [0.4, 0.5) is 5.95 Å². The van der Waals surface area contributed by atoms with Gasteiger partial charge in [-0.2, -0.15) is 4.80 Å². The Bertz CT molecular complexity index is 391. The van der Waals surface area contributed by atoms with E-state index in [2.05, 4.69) is 26.0 Å². The fourth-order valence-electron chi connectivity index (χ4n) is 1.09. The predicted octanol–water partition coefficient (Wildman–Crippen LogP) is 0.696. The van der Waals surface area contributed by atoms with Gasteiger partial charge in [-0.3, -0.25) is 10.1 Å². The average molecular weight is 256 g/mol. The number of aromatic nitrogens is 4. The van der Waals surface area contributed by atoms with E-state index in [-0.39, 0.29) is 17.0 Å². The molecule has 94 valence electrons. The van der Waals surface area contributed by atoms with Gasteiger partial charge in [-0.25, -0.2) is 0 Å². The van der Waals surface area contributed by atoms with Crippen molar-refractivity contribution < 1.29 is 4.79 Å². The van der Waals surface area contributed by atoms with Gasteiger partial charge in [0.05, 0.1) is 6.54 Å². The molecule has 0 atom stereocenters. The molecule has 0 radical (unpaired) electrons. The molecule has 0 saturated heterocycles. The number of hydrogen-bond donors (Lipinski definition) is 2. The number of rotatable bonds is 5. The first-order chi connectivity index (χ1) is 8.15. The van der Waals surface area contributed by atoms with Crippen LogP contribution >= 0.6 is 12.2 Å². The van der Waals surface area contributed by atoms with Gasteiger partial charge in [0, 0.05) is 6.42 Å². The van der Waals surface area contributed by atoms with Gasteiger partial charge >= 0.3 is 0 Å². The minimum atomic E-state index is -0.104. The van der Waals surface area contributed by atoms with E-state index >= 15 is 0 Å². The number of aryl methyl sites for hydroxylation is 1. The van der Waals surface area contributed by atoms with Crippen LogP contribution in [0.2, 0.25) is 0 Å². The zero-order chi connectivity index (χ0) is 12.7. The molecule has 8 heteroatoms. The zero-order valence-electron chi connectivity index (χ0n) is 9.93. The lowest BCUT2D eigenvalue weighted by Crippen LogP contribution is -2.34. The summed E-state index contributed by atoms with van der Waals surface area (Å²) in [5.41, 5.74) is 0. The number of amides is 1. The normalized spacial score (nSPS) is 10.0. The molecule has 0 bridgehead atoms. The summed E-state index contributed by atoms with van der Waals surface area (Å²) < 4.78 is 0. The van der Waals surface area contributed by atoms with Crippen molar-refractivity contribution in [3.63, 3.8) is 0 Å². The van der Waals surface area contributed by atoms with Gasteiger partial charge in [0.25, 0.3) is 5.95 Å². The Balaban J connectivity index is 2.36. The zero-order valence-corrected chi connectivity index (χ0v) is 10.8. The number of carbonyl (C=O) groups is 1. The second-order valence-electron chi connectivity index (χ2n) is 3.41. The highest BCUT2D eigenvalue weighted by molar-refractivity contribution is 7.80. The summed E-state index contributed by atoms with van der Waals surface area (Å²) in [6.45, 7) is 4.55. The second kappa shape index (κ2) is 6.89. The molecule has 0 aliphatic rings. The maximum Gasteiger partial charge on any atom is 0.269 e. The van der Waals surface area contributed by atoms with Gasteiger partial charge < -0.3 is 5.32 Å². The summed E-state index contributed by atoms with van der Waals surface area (Å²) in [7, 11) is 0. The summed E-state index contributed by atoms with van der Waals surface area (Å²) in [4.78, 5) is 12.8. The van der Waals surface area contributed by atoms with Crippen molar-refractivity contribution in [3.8, 4) is 0 Å². The molecule has 2 N–H and O–H groups in total. The molecule has 0 aromatic carbocycles. The number of nitrogens with zero attached hydrogens (tertiary/aromatic N) is 4. The minimum Gasteiger partial charge on any atom is -0.303 e. The van der Waals surface area contributed by atoms with E-state index in [0.717, 1.165) is 12.8 Å². The summed E-state index contributed by atoms with van der Waals surface area (Å²) >= 11 is 4.95. The molecular formula is C9H16N6OS. The van der Waals surface area contributed by atoms with Crippen LogP contribution in [0.3, 0.4) is 0 Å². The van der Waals surface area contributed by atoms with Crippen LogP contribution in [-0.4, -0.2) is 31.2 Å². The minimum absolute atomic E-state index is 0.104. The van der Waals surface area contributed by atoms with E-state index in [1.165, 1.54) is 4.80 Å². The molecule has 0 unspecified atom stereocenters. The summed E-state index contributed by atoms with van der Waals surface area (Å²) in [6.07, 6.45) is 2.28. The Morgan fingerprint density at radius 3 is 2.82 bits per heavy atom. The molecule has 1 rings (SSSR count). The highest BCUT2D eigenvalue weighted by atomic mass is 32.1. The van der Waals surface area contributed by atoms with Crippen LogP contribution in [0.1, 0.15) is 33.1 Å². The van der Waals surface area contributed by atoms with E-state index in [1.807, 2.05) is 13.8 Å². The van der Waals surface area contributed by atoms with Crippen molar-refractivity contribution in [2.24, 2.45) is 0 Å². The number of anilines is 1. The maximum absolute atomic E-state index is 11.4. The number of thiocarbonyl (C=S) groups is 1. The predicted molar refractivity (Wildman–Crippen MR) is 67.4 cm³/mol. The molecule has 0 spiro atoms. The van der Waals surface area contributed by atoms with Crippen molar-refractivity contribution in [1.82, 2.24) is 25.5 Å². The van der Waals surface area contributed by atoms with E-state index in [4.69, 9.17) is 12.2 Å². The molecular weight excluding hydrogens is 240 g/mol. The van der Waals surface area contributed by atoms with Gasteiger partial charge in [0.1, 0.15) is 0 Å². The summed E-state index contributed by atoms with van der Waals surface area (Å²) in [6, 6.07) is 0. The molecule has 0 aliphatic heterocycles. The molecule has 7 nitrogen and oxygen atoms in total. The Morgan fingerprint density at radius 2 is 2.24 bits per heavy atom. The second-order valence-corrected chi connectivity index (χ2v) is 3.82. The van der Waals surface area contributed by atoms with Gasteiger partial charge in [-0.15, -0.1) is 5.10 Å². The molecule has 1 aromatic rings. The van der Waals surface area contributed by atoms with Gasteiger partial charge in [0.15, 0.2) is 5.11 Å². The highest BCUT2D eigenvalue weighted by Gasteiger charge is 2.07. The Hall–Kier alpha value is -1.57. The lowest BCUT2D eigenvalue weighted by molar-refractivity contribution is -0.119. The van der Waals surface area contributed by atoms with Crippen molar-refractivity contribution in [2.75, 3.05) is 5.32 Å². The highest BCUT2D eigenvalue weighted by Crippen LogP contribution is 1.95. The Kier molecular flexibility index (Phi) is 5.47. The van der Waals surface area contributed by atoms with Crippen LogP contribution in [0, 0.1) is 0 Å². The number of nitrogens with one attached hydrogen (secondary N) is 2. The summed E-state index contributed by atoms with van der Waals surface area (Å²) in [5, 5.41) is 16.9. The fraction of sp³-hybridized carbons (Fsp3) is 0.667.